The zero-order chi connectivity index (χ0) is 32.7. The van der Waals surface area contributed by atoms with Crippen molar-refractivity contribution in [2.75, 3.05) is 0 Å². The minimum absolute atomic E-state index is 0.212. The first-order valence-corrected chi connectivity index (χ1v) is 20.7. The molecule has 0 aromatic heterocycles. The van der Waals surface area contributed by atoms with Gasteiger partial charge in [-0.2, -0.15) is 0 Å². The summed E-state index contributed by atoms with van der Waals surface area (Å²) in [6.45, 7) is 4.43. The fourth-order valence-corrected chi connectivity index (χ4v) is 9.06. The smallest absolute Gasteiger partial charge is 0.303 e. The van der Waals surface area contributed by atoms with E-state index in [2.05, 4.69) is 13.8 Å². The Bertz CT molecular complexity index is 596. The number of rotatable bonds is 35. The van der Waals surface area contributed by atoms with Crippen molar-refractivity contribution < 1.29 is 30.0 Å². The van der Waals surface area contributed by atoms with Gasteiger partial charge in [0.1, 0.15) is 0 Å². The van der Waals surface area contributed by atoms with Gasteiger partial charge in [-0.1, -0.05) is 138 Å². The van der Waals surface area contributed by atoms with E-state index in [1.165, 1.54) is 38.5 Å². The zero-order valence-electron chi connectivity index (χ0n) is 28.5. The molecule has 0 aliphatic carbocycles. The highest BCUT2D eigenvalue weighted by atomic mass is 33.1. The first-order valence-electron chi connectivity index (χ1n) is 18.4. The lowest BCUT2D eigenvalue weighted by atomic mass is 10.0. The molecule has 44 heavy (non-hydrogen) atoms. The fourth-order valence-electron chi connectivity index (χ4n) is 5.65. The molecule has 0 amide bonds. The van der Waals surface area contributed by atoms with Gasteiger partial charge in [-0.15, -0.1) is 0 Å². The Morgan fingerprint density at radius 3 is 1.11 bits per heavy atom. The first-order chi connectivity index (χ1) is 21.3. The Labute approximate surface area is 279 Å². The molecule has 262 valence electrons. The Hall–Kier alpha value is -0.440. The molecular weight excluding hydrogens is 593 g/mol. The molecule has 0 saturated heterocycles. The molecule has 0 saturated carbocycles. The molecule has 4 atom stereocenters. The van der Waals surface area contributed by atoms with Crippen LogP contribution in [-0.2, 0) is 9.59 Å². The number of aliphatic carboxylic acids is 2. The van der Waals surface area contributed by atoms with Crippen molar-refractivity contribution in [2.45, 2.75) is 216 Å². The molecule has 4 N–H and O–H groups in total. The molecule has 0 aliphatic heterocycles. The monoisotopic (exact) mass is 662 g/mol. The zero-order valence-corrected chi connectivity index (χ0v) is 30.2. The van der Waals surface area contributed by atoms with Crippen LogP contribution in [0.5, 0.6) is 0 Å². The van der Waals surface area contributed by atoms with Crippen LogP contribution < -0.4 is 0 Å². The topological polar surface area (TPSA) is 115 Å². The van der Waals surface area contributed by atoms with Crippen LogP contribution in [-0.4, -0.2) is 55.1 Å². The Morgan fingerprint density at radius 1 is 0.432 bits per heavy atom. The van der Waals surface area contributed by atoms with Gasteiger partial charge in [-0.25, -0.2) is 0 Å². The molecule has 4 unspecified atom stereocenters. The van der Waals surface area contributed by atoms with Crippen LogP contribution in [0.15, 0.2) is 0 Å². The highest BCUT2D eigenvalue weighted by molar-refractivity contribution is 8.77. The molecule has 8 heteroatoms. The number of carboxylic acid groups (broad SMARTS) is 2. The molecule has 0 aromatic carbocycles. The van der Waals surface area contributed by atoms with E-state index in [9.17, 15) is 19.8 Å². The summed E-state index contributed by atoms with van der Waals surface area (Å²) in [4.78, 5) is 21.5. The summed E-state index contributed by atoms with van der Waals surface area (Å²) in [5.74, 6) is -1.41. The fraction of sp³-hybridized carbons (Fsp3) is 0.944. The van der Waals surface area contributed by atoms with Gasteiger partial charge < -0.3 is 20.4 Å². The summed E-state index contributed by atoms with van der Waals surface area (Å²) in [6.07, 6.45) is 27.7. The van der Waals surface area contributed by atoms with Crippen molar-refractivity contribution in [3.63, 3.8) is 0 Å². The predicted molar refractivity (Wildman–Crippen MR) is 191 cm³/mol. The maximum absolute atomic E-state index is 10.8. The minimum atomic E-state index is -0.705. The third kappa shape index (κ3) is 31.5. The van der Waals surface area contributed by atoms with Crippen molar-refractivity contribution in [3.8, 4) is 0 Å². The lowest BCUT2D eigenvalue weighted by Gasteiger charge is -2.23. The number of aliphatic hydroxyl groups excluding tert-OH is 2. The summed E-state index contributed by atoms with van der Waals surface area (Å²) in [5, 5.41) is 40.0. The molecular formula is C36H70O6S2. The molecule has 0 rings (SSSR count). The summed E-state index contributed by atoms with van der Waals surface area (Å²) in [5.41, 5.74) is 0. The molecule has 6 nitrogen and oxygen atoms in total. The van der Waals surface area contributed by atoms with E-state index in [0.29, 0.717) is 10.5 Å². The van der Waals surface area contributed by atoms with Crippen LogP contribution in [0, 0.1) is 0 Å². The highest BCUT2D eigenvalue weighted by Gasteiger charge is 2.18. The number of carbonyl (C=O) groups is 2. The summed E-state index contributed by atoms with van der Waals surface area (Å²) in [6, 6.07) is 0. The van der Waals surface area contributed by atoms with E-state index in [1.807, 2.05) is 21.6 Å². The third-order valence-electron chi connectivity index (χ3n) is 8.59. The van der Waals surface area contributed by atoms with Crippen molar-refractivity contribution >= 4 is 33.5 Å². The number of unbranched alkanes of at least 4 members (excludes halogenated alkanes) is 14. The van der Waals surface area contributed by atoms with Crippen LogP contribution in [0.1, 0.15) is 194 Å². The third-order valence-corrected chi connectivity index (χ3v) is 12.2. The number of hydrogen-bond acceptors (Lipinski definition) is 6. The number of hydrogen-bond donors (Lipinski definition) is 4. The van der Waals surface area contributed by atoms with Crippen LogP contribution >= 0.6 is 21.6 Å². The number of carboxylic acids is 2. The Kier molecular flexibility index (Phi) is 32.2. The standard InChI is InChI=1S/C36H70O6S2/c1-3-5-7-15-21-31(37)27-29-33(23-17-11-9-13-19-25-35(39)40)43-44-34(24-18-12-10-14-20-26-36(41)42)30-28-32(38)22-16-8-6-4-2/h31-34,37-38H,3-30H2,1-2H3,(H,39,40)(H,41,42). The largest absolute Gasteiger partial charge is 0.481 e. The van der Waals surface area contributed by atoms with Crippen LogP contribution in [0.25, 0.3) is 0 Å². The summed E-state index contributed by atoms with van der Waals surface area (Å²) < 4.78 is 0. The molecule has 0 bridgehead atoms. The van der Waals surface area contributed by atoms with E-state index < -0.39 is 11.9 Å². The molecule has 0 radical (unpaired) electrons. The SMILES string of the molecule is CCCCCCC(O)CCC(CCCCCCCC(=O)O)SSC(CCCCCCCC(=O)O)CCC(O)CCCCCC. The van der Waals surface area contributed by atoms with Gasteiger partial charge in [0.15, 0.2) is 0 Å². The van der Waals surface area contributed by atoms with Gasteiger partial charge >= 0.3 is 11.9 Å². The molecule has 0 heterocycles. The van der Waals surface area contributed by atoms with Crippen LogP contribution in [0.4, 0.5) is 0 Å². The quantitative estimate of drug-likeness (QED) is 0.0391. The van der Waals surface area contributed by atoms with Crippen LogP contribution in [0.2, 0.25) is 0 Å². The lowest BCUT2D eigenvalue weighted by Crippen LogP contribution is -2.13. The van der Waals surface area contributed by atoms with Gasteiger partial charge in [0, 0.05) is 23.3 Å². The van der Waals surface area contributed by atoms with Crippen molar-refractivity contribution in [1.29, 1.82) is 0 Å². The van der Waals surface area contributed by atoms with Gasteiger partial charge in [0.05, 0.1) is 12.2 Å². The lowest BCUT2D eigenvalue weighted by molar-refractivity contribution is -0.138. The summed E-state index contributed by atoms with van der Waals surface area (Å²) >= 11 is 0. The Morgan fingerprint density at radius 2 is 0.750 bits per heavy atom. The van der Waals surface area contributed by atoms with Crippen molar-refractivity contribution in [3.05, 3.63) is 0 Å². The maximum Gasteiger partial charge on any atom is 0.303 e. The Balaban J connectivity index is 4.89. The van der Waals surface area contributed by atoms with E-state index in [-0.39, 0.29) is 25.0 Å². The second kappa shape index (κ2) is 32.5. The van der Waals surface area contributed by atoms with Crippen molar-refractivity contribution in [2.24, 2.45) is 0 Å². The van der Waals surface area contributed by atoms with Crippen LogP contribution in [0.3, 0.4) is 0 Å². The first kappa shape index (κ1) is 43.6. The van der Waals surface area contributed by atoms with E-state index >= 15 is 0 Å². The maximum atomic E-state index is 10.8. The average molecular weight is 663 g/mol. The highest BCUT2D eigenvalue weighted by Crippen LogP contribution is 2.40. The van der Waals surface area contributed by atoms with E-state index in [0.717, 1.165) is 128 Å². The molecule has 0 fully saturated rings. The second-order valence-electron chi connectivity index (χ2n) is 13.0. The predicted octanol–water partition coefficient (Wildman–Crippen LogP) is 11.0. The molecule has 0 aliphatic rings. The van der Waals surface area contributed by atoms with Gasteiger partial charge in [0.25, 0.3) is 0 Å². The number of aliphatic hydroxyl groups is 2. The van der Waals surface area contributed by atoms with E-state index in [4.69, 9.17) is 10.2 Å². The summed E-state index contributed by atoms with van der Waals surface area (Å²) in [7, 11) is 4.02. The molecule has 0 aromatic rings. The minimum Gasteiger partial charge on any atom is -0.481 e. The average Bonchev–Trinajstić information content (AvgIpc) is 2.99. The van der Waals surface area contributed by atoms with E-state index in [1.54, 1.807) is 0 Å². The van der Waals surface area contributed by atoms with Gasteiger partial charge in [-0.3, -0.25) is 9.59 Å². The second-order valence-corrected chi connectivity index (χ2v) is 15.9. The van der Waals surface area contributed by atoms with Crippen molar-refractivity contribution in [1.82, 2.24) is 0 Å². The molecule has 0 spiro atoms. The van der Waals surface area contributed by atoms with Gasteiger partial charge in [-0.05, 0) is 64.2 Å². The van der Waals surface area contributed by atoms with Gasteiger partial charge in [0.2, 0.25) is 0 Å². The normalized spacial score (nSPS) is 14.4.